The minimum absolute atomic E-state index is 0.0202. The third-order valence-electron chi connectivity index (χ3n) is 6.70. The highest BCUT2D eigenvalue weighted by Gasteiger charge is 2.41. The zero-order chi connectivity index (χ0) is 26.1. The summed E-state index contributed by atoms with van der Waals surface area (Å²) in [5.74, 6) is -3.26. The van der Waals surface area contributed by atoms with Crippen molar-refractivity contribution >= 4 is 11.8 Å². The number of hydrogen-bond acceptors (Lipinski definition) is 4. The number of nitrogens with zero attached hydrogens (tertiary/aromatic N) is 2. The van der Waals surface area contributed by atoms with Crippen LogP contribution in [0.1, 0.15) is 50.9 Å². The molecule has 0 saturated carbocycles. The lowest BCUT2D eigenvalue weighted by Crippen LogP contribution is -2.46. The average Bonchev–Trinajstić information content (AvgIpc) is 3.06. The average molecular weight is 512 g/mol. The van der Waals surface area contributed by atoms with Gasteiger partial charge in [-0.15, -0.1) is 0 Å². The van der Waals surface area contributed by atoms with Crippen LogP contribution >= 0.6 is 0 Å². The highest BCUT2D eigenvalue weighted by Crippen LogP contribution is 2.34. The molecule has 2 aliphatic heterocycles. The fourth-order valence-electron chi connectivity index (χ4n) is 4.74. The number of halogens is 3. The second-order valence-electron chi connectivity index (χ2n) is 9.13. The number of carbonyl (C=O) groups excluding carboxylic acids is 2. The first-order chi connectivity index (χ1) is 17.8. The van der Waals surface area contributed by atoms with Gasteiger partial charge in [0, 0.05) is 37.5 Å². The smallest absolute Gasteiger partial charge is 0.274 e. The molecule has 3 heterocycles. The van der Waals surface area contributed by atoms with Crippen LogP contribution in [0.5, 0.6) is 5.75 Å². The monoisotopic (exact) mass is 511 g/mol. The maximum atomic E-state index is 15.1. The van der Waals surface area contributed by atoms with E-state index in [2.05, 4.69) is 5.32 Å². The van der Waals surface area contributed by atoms with Gasteiger partial charge >= 0.3 is 0 Å². The summed E-state index contributed by atoms with van der Waals surface area (Å²) in [5.41, 5.74) is -0.545. The van der Waals surface area contributed by atoms with Gasteiger partial charge in [0.2, 0.25) is 5.43 Å². The van der Waals surface area contributed by atoms with Crippen molar-refractivity contribution in [2.75, 3.05) is 13.1 Å². The van der Waals surface area contributed by atoms with Crippen LogP contribution < -0.4 is 15.5 Å². The van der Waals surface area contributed by atoms with Gasteiger partial charge in [0.1, 0.15) is 30.0 Å². The summed E-state index contributed by atoms with van der Waals surface area (Å²) in [6.45, 7) is 0.101. The molecular formula is C27H24F3N3O4. The van der Waals surface area contributed by atoms with E-state index in [4.69, 9.17) is 4.74 Å². The molecule has 7 nitrogen and oxygen atoms in total. The number of hydrogen-bond donors (Lipinski definition) is 1. The van der Waals surface area contributed by atoms with E-state index in [-0.39, 0.29) is 48.7 Å². The summed E-state index contributed by atoms with van der Waals surface area (Å²) in [7, 11) is 0. The second-order valence-corrected chi connectivity index (χ2v) is 9.13. The Labute approximate surface area is 210 Å². The number of aromatic nitrogens is 1. The number of rotatable bonds is 6. The van der Waals surface area contributed by atoms with E-state index in [1.165, 1.54) is 21.7 Å². The minimum Gasteiger partial charge on any atom is -0.483 e. The Morgan fingerprint density at radius 1 is 1.11 bits per heavy atom. The third-order valence-corrected chi connectivity index (χ3v) is 6.70. The number of alkyl halides is 1. The van der Waals surface area contributed by atoms with Crippen molar-refractivity contribution in [3.63, 3.8) is 0 Å². The van der Waals surface area contributed by atoms with Crippen LogP contribution in [-0.4, -0.2) is 40.5 Å². The number of amides is 2. The first kappa shape index (κ1) is 24.6. The zero-order valence-electron chi connectivity index (χ0n) is 19.8. The SMILES string of the molecule is O=C(NCc1ccc(F)cc1F)c1cn2c(c(OCc3ccccc3)c1=O)C(=O)N1CCC[C@H](F)C2C1. The van der Waals surface area contributed by atoms with Crippen LogP contribution in [0.2, 0.25) is 0 Å². The topological polar surface area (TPSA) is 80.6 Å². The van der Waals surface area contributed by atoms with E-state index < -0.39 is 41.1 Å². The van der Waals surface area contributed by atoms with E-state index in [9.17, 15) is 23.2 Å². The molecule has 1 saturated heterocycles. The van der Waals surface area contributed by atoms with Crippen molar-refractivity contribution in [1.29, 1.82) is 0 Å². The predicted molar refractivity (Wildman–Crippen MR) is 128 cm³/mol. The fourth-order valence-corrected chi connectivity index (χ4v) is 4.74. The molecular weight excluding hydrogens is 487 g/mol. The highest BCUT2D eigenvalue weighted by atomic mass is 19.1. The Balaban J connectivity index is 1.54. The van der Waals surface area contributed by atoms with Gasteiger partial charge in [-0.2, -0.15) is 0 Å². The van der Waals surface area contributed by atoms with E-state index in [1.807, 2.05) is 6.07 Å². The molecule has 0 aliphatic carbocycles. The number of ether oxygens (including phenoxy) is 1. The molecule has 10 heteroatoms. The summed E-state index contributed by atoms with van der Waals surface area (Å²) >= 11 is 0. The van der Waals surface area contributed by atoms with Crippen LogP contribution in [0.3, 0.4) is 0 Å². The Morgan fingerprint density at radius 2 is 1.89 bits per heavy atom. The van der Waals surface area contributed by atoms with Gasteiger partial charge < -0.3 is 19.5 Å². The van der Waals surface area contributed by atoms with Crippen LogP contribution in [0.25, 0.3) is 0 Å². The largest absolute Gasteiger partial charge is 0.483 e. The summed E-state index contributed by atoms with van der Waals surface area (Å²) < 4.78 is 49.6. The van der Waals surface area contributed by atoms with Crippen LogP contribution in [-0.2, 0) is 13.2 Å². The minimum atomic E-state index is -1.30. The van der Waals surface area contributed by atoms with Gasteiger partial charge in [0.25, 0.3) is 11.8 Å². The van der Waals surface area contributed by atoms with Gasteiger partial charge in [0.05, 0.1) is 6.04 Å². The number of benzene rings is 2. The number of fused-ring (bicyclic) bond motifs is 4. The van der Waals surface area contributed by atoms with E-state index in [1.54, 1.807) is 24.3 Å². The summed E-state index contributed by atoms with van der Waals surface area (Å²) in [5, 5.41) is 2.46. The first-order valence-corrected chi connectivity index (χ1v) is 11.9. The van der Waals surface area contributed by atoms with Crippen molar-refractivity contribution in [1.82, 2.24) is 14.8 Å². The van der Waals surface area contributed by atoms with E-state index in [0.717, 1.165) is 11.6 Å². The molecule has 2 amide bonds. The molecule has 3 aromatic rings. The zero-order valence-corrected chi connectivity index (χ0v) is 19.8. The molecule has 2 atom stereocenters. The highest BCUT2D eigenvalue weighted by molar-refractivity contribution is 5.99. The molecule has 1 N–H and O–H groups in total. The van der Waals surface area contributed by atoms with Crippen molar-refractivity contribution < 1.29 is 27.5 Å². The number of carbonyl (C=O) groups is 2. The first-order valence-electron chi connectivity index (χ1n) is 11.9. The number of nitrogens with one attached hydrogen (secondary N) is 1. The summed E-state index contributed by atoms with van der Waals surface area (Å²) in [6.07, 6.45) is 0.580. The molecule has 2 aromatic carbocycles. The maximum Gasteiger partial charge on any atom is 0.274 e. The van der Waals surface area contributed by atoms with Crippen LogP contribution in [0.4, 0.5) is 13.2 Å². The molecule has 1 unspecified atom stereocenters. The molecule has 5 rings (SSSR count). The quantitative estimate of drug-likeness (QED) is 0.547. The molecule has 37 heavy (non-hydrogen) atoms. The fraction of sp³-hybridized carbons (Fsp3) is 0.296. The van der Waals surface area contributed by atoms with Gasteiger partial charge in [0.15, 0.2) is 11.4 Å². The van der Waals surface area contributed by atoms with Crippen molar-refractivity contribution in [2.24, 2.45) is 0 Å². The van der Waals surface area contributed by atoms with Gasteiger partial charge in [-0.1, -0.05) is 36.4 Å². The Kier molecular flexibility index (Phi) is 6.73. The van der Waals surface area contributed by atoms with E-state index in [0.29, 0.717) is 19.0 Å². The standard InChI is InChI=1S/C27H24F3N3O4/c28-18-9-8-17(21(30)11-18)12-31-26(35)19-13-33-22-14-32(10-4-7-20(22)29)27(36)23(33)25(24(19)34)37-15-16-5-2-1-3-6-16/h1-3,5-6,8-9,11,13,20,22H,4,7,10,12,14-15H2,(H,31,35)/t20-,22?/m0/s1. The van der Waals surface area contributed by atoms with Gasteiger partial charge in [-0.05, 0) is 24.5 Å². The molecule has 2 bridgehead atoms. The van der Waals surface area contributed by atoms with Gasteiger partial charge in [-0.3, -0.25) is 14.4 Å². The third kappa shape index (κ3) is 4.83. The second kappa shape index (κ2) is 10.1. The predicted octanol–water partition coefficient (Wildman–Crippen LogP) is 3.76. The van der Waals surface area contributed by atoms with Crippen molar-refractivity contribution in [2.45, 2.75) is 38.2 Å². The molecule has 1 fully saturated rings. The van der Waals surface area contributed by atoms with E-state index >= 15 is 4.39 Å². The molecule has 192 valence electrons. The molecule has 2 aliphatic rings. The summed E-state index contributed by atoms with van der Waals surface area (Å²) in [6, 6.07) is 11.1. The Morgan fingerprint density at radius 3 is 2.65 bits per heavy atom. The number of pyridine rings is 1. The van der Waals surface area contributed by atoms with Crippen LogP contribution in [0.15, 0.2) is 59.5 Å². The lowest BCUT2D eigenvalue weighted by molar-refractivity contribution is 0.0641. The molecule has 0 radical (unpaired) electrons. The Hall–Kier alpha value is -4.08. The van der Waals surface area contributed by atoms with Crippen molar-refractivity contribution in [3.05, 3.63) is 99.0 Å². The normalized spacial score (nSPS) is 18.7. The summed E-state index contributed by atoms with van der Waals surface area (Å²) in [4.78, 5) is 41.4. The molecule has 0 spiro atoms. The van der Waals surface area contributed by atoms with Crippen LogP contribution in [0, 0.1) is 11.6 Å². The lowest BCUT2D eigenvalue weighted by Gasteiger charge is -2.35. The maximum absolute atomic E-state index is 15.1. The van der Waals surface area contributed by atoms with Crippen molar-refractivity contribution in [3.8, 4) is 5.75 Å². The Bertz CT molecular complexity index is 1410. The van der Waals surface area contributed by atoms with Gasteiger partial charge in [-0.25, -0.2) is 13.2 Å². The lowest BCUT2D eigenvalue weighted by atomic mass is 10.0. The molecule has 1 aromatic heterocycles.